The van der Waals surface area contributed by atoms with Crippen LogP contribution in [0.25, 0.3) is 10.4 Å². The van der Waals surface area contributed by atoms with Crippen LogP contribution in [0.4, 0.5) is 9.59 Å². The summed E-state index contributed by atoms with van der Waals surface area (Å²) >= 11 is 0. The Bertz CT molecular complexity index is 1050. The summed E-state index contributed by atoms with van der Waals surface area (Å²) in [5.41, 5.74) is 10.1. The normalized spacial score (nSPS) is 22.2. The number of hydrogen-bond donors (Lipinski definition) is 2. The van der Waals surface area contributed by atoms with E-state index < -0.39 is 18.2 Å². The van der Waals surface area contributed by atoms with Crippen molar-refractivity contribution in [2.24, 2.45) is 17.0 Å². The fourth-order valence-electron chi connectivity index (χ4n) is 5.16. The van der Waals surface area contributed by atoms with Crippen LogP contribution in [0.2, 0.25) is 0 Å². The van der Waals surface area contributed by atoms with Gasteiger partial charge in [-0.3, -0.25) is 20.2 Å². The van der Waals surface area contributed by atoms with E-state index in [1.807, 2.05) is 0 Å². The molecule has 0 aromatic heterocycles. The maximum atomic E-state index is 12.3. The number of amides is 6. The van der Waals surface area contributed by atoms with Gasteiger partial charge in [0, 0.05) is 31.1 Å². The third kappa shape index (κ3) is 12.4. The summed E-state index contributed by atoms with van der Waals surface area (Å²) in [6, 6.07) is -0.844. The van der Waals surface area contributed by atoms with E-state index in [-0.39, 0.29) is 56.1 Å². The molecule has 1 aliphatic carbocycles. The number of ether oxygens (including phenoxy) is 4. The van der Waals surface area contributed by atoms with E-state index >= 15 is 0 Å². The number of rotatable bonds is 20. The molecule has 0 radical (unpaired) electrons. The van der Waals surface area contributed by atoms with Gasteiger partial charge in [-0.15, -0.1) is 0 Å². The smallest absolute Gasteiger partial charge is 0.324 e. The quantitative estimate of drug-likeness (QED) is 0.0683. The average molecular weight is 622 g/mol. The second-order valence-corrected chi connectivity index (χ2v) is 11.5. The summed E-state index contributed by atoms with van der Waals surface area (Å²) < 4.78 is 23.6. The standard InChI is InChI=1S/C29H47N7O8/c1-21-17-35(28(39)32-26(21)37)10-8-24(16-31-34-30)43-14-13-42-20-25(9-11-36-18-22(2)27(38)33-29(36)40)44-15-12-41-19-23-6-4-3-5-7-23/h6,21-22,24-25H,3-5,7-20H2,1-2H3,(H,32,37,39)(H,33,38,40)/t21?,22?,24-,25-/m0/s1. The zero-order valence-electron chi connectivity index (χ0n) is 25.9. The molecule has 2 N–H and O–H groups in total. The molecule has 246 valence electrons. The van der Waals surface area contributed by atoms with Crippen LogP contribution in [0.15, 0.2) is 16.8 Å². The molecule has 0 spiro atoms. The zero-order chi connectivity index (χ0) is 31.7. The van der Waals surface area contributed by atoms with Crippen LogP contribution in [0.3, 0.4) is 0 Å². The lowest BCUT2D eigenvalue weighted by Crippen LogP contribution is -2.54. The Morgan fingerprint density at radius 2 is 1.48 bits per heavy atom. The molecule has 4 atom stereocenters. The molecular weight excluding hydrogens is 574 g/mol. The van der Waals surface area contributed by atoms with E-state index in [0.29, 0.717) is 58.8 Å². The summed E-state index contributed by atoms with van der Waals surface area (Å²) in [6.45, 7) is 7.23. The number of carbonyl (C=O) groups is 4. The second kappa shape index (κ2) is 19.2. The number of carbonyl (C=O) groups excluding carboxylic acids is 4. The fourth-order valence-corrected chi connectivity index (χ4v) is 5.16. The van der Waals surface area contributed by atoms with E-state index in [4.69, 9.17) is 24.5 Å². The molecule has 2 fully saturated rings. The summed E-state index contributed by atoms with van der Waals surface area (Å²) in [7, 11) is 0. The lowest BCUT2D eigenvalue weighted by molar-refractivity contribution is -0.126. The summed E-state index contributed by atoms with van der Waals surface area (Å²) in [5, 5.41) is 8.33. The van der Waals surface area contributed by atoms with Gasteiger partial charge >= 0.3 is 12.1 Å². The van der Waals surface area contributed by atoms with Gasteiger partial charge in [0.2, 0.25) is 11.8 Å². The van der Waals surface area contributed by atoms with Gasteiger partial charge in [0.05, 0.1) is 70.2 Å². The van der Waals surface area contributed by atoms with Gasteiger partial charge in [-0.05, 0) is 49.6 Å². The van der Waals surface area contributed by atoms with Crippen molar-refractivity contribution in [1.29, 1.82) is 0 Å². The highest BCUT2D eigenvalue weighted by molar-refractivity contribution is 5.98. The van der Waals surface area contributed by atoms with Crippen molar-refractivity contribution in [3.05, 3.63) is 22.1 Å². The Kier molecular flexibility index (Phi) is 15.4. The minimum Gasteiger partial charge on any atom is -0.376 e. The lowest BCUT2D eigenvalue weighted by Gasteiger charge is -2.31. The van der Waals surface area contributed by atoms with Crippen molar-refractivity contribution in [3.8, 4) is 0 Å². The SMILES string of the molecule is CC1CN(CC[C@@H](CN=[N+]=[N-])OCCOC[C@H](CCN2CC(C)C(=O)NC2=O)OCCOCC2=CCCCC2)C(=O)NC1=O. The van der Waals surface area contributed by atoms with E-state index in [1.165, 1.54) is 18.4 Å². The van der Waals surface area contributed by atoms with Gasteiger partial charge in [-0.1, -0.05) is 25.0 Å². The number of azide groups is 1. The van der Waals surface area contributed by atoms with Gasteiger partial charge in [-0.25, -0.2) is 9.59 Å². The number of allylic oxidation sites excluding steroid dienone is 1. The first-order chi connectivity index (χ1) is 21.3. The van der Waals surface area contributed by atoms with Crippen LogP contribution in [-0.4, -0.2) is 118 Å². The maximum absolute atomic E-state index is 12.3. The predicted molar refractivity (Wildman–Crippen MR) is 159 cm³/mol. The van der Waals surface area contributed by atoms with Crippen LogP contribution >= 0.6 is 0 Å². The number of nitrogens with zero attached hydrogens (tertiary/aromatic N) is 5. The number of imide groups is 2. The third-order valence-electron chi connectivity index (χ3n) is 7.85. The second-order valence-electron chi connectivity index (χ2n) is 11.5. The molecule has 6 amide bonds. The van der Waals surface area contributed by atoms with Crippen LogP contribution in [0.5, 0.6) is 0 Å². The highest BCUT2D eigenvalue weighted by atomic mass is 16.6. The molecule has 44 heavy (non-hydrogen) atoms. The molecule has 3 rings (SSSR count). The van der Waals surface area contributed by atoms with Gasteiger partial charge in [0.15, 0.2) is 0 Å². The third-order valence-corrected chi connectivity index (χ3v) is 7.85. The fraction of sp³-hybridized carbons (Fsp3) is 0.793. The van der Waals surface area contributed by atoms with Crippen molar-refractivity contribution < 1.29 is 38.1 Å². The first-order valence-electron chi connectivity index (χ1n) is 15.5. The molecule has 2 aliphatic heterocycles. The van der Waals surface area contributed by atoms with Crippen molar-refractivity contribution in [3.63, 3.8) is 0 Å². The zero-order valence-corrected chi connectivity index (χ0v) is 25.9. The van der Waals surface area contributed by atoms with E-state index in [9.17, 15) is 19.2 Å². The largest absolute Gasteiger partial charge is 0.376 e. The minimum atomic E-state index is -0.440. The van der Waals surface area contributed by atoms with Crippen molar-refractivity contribution in [2.75, 3.05) is 72.4 Å². The highest BCUT2D eigenvalue weighted by Crippen LogP contribution is 2.17. The topological polar surface area (TPSA) is 184 Å². The van der Waals surface area contributed by atoms with Crippen molar-refractivity contribution in [1.82, 2.24) is 20.4 Å². The molecule has 2 heterocycles. The molecular formula is C29H47N7O8. The van der Waals surface area contributed by atoms with Crippen molar-refractivity contribution >= 4 is 23.9 Å². The Labute approximate surface area is 258 Å². The van der Waals surface area contributed by atoms with E-state index in [0.717, 1.165) is 12.8 Å². The van der Waals surface area contributed by atoms with Gasteiger partial charge in [0.1, 0.15) is 0 Å². The van der Waals surface area contributed by atoms with E-state index in [2.05, 4.69) is 26.7 Å². The maximum Gasteiger partial charge on any atom is 0.324 e. The molecule has 15 nitrogen and oxygen atoms in total. The predicted octanol–water partition coefficient (Wildman–Crippen LogP) is 2.76. The minimum absolute atomic E-state index is 0.0991. The van der Waals surface area contributed by atoms with Crippen molar-refractivity contribution in [2.45, 2.75) is 64.6 Å². The molecule has 2 saturated heterocycles. The molecule has 3 aliphatic rings. The van der Waals surface area contributed by atoms with Crippen LogP contribution in [-0.2, 0) is 28.5 Å². The first-order valence-corrected chi connectivity index (χ1v) is 15.5. The average Bonchev–Trinajstić information content (AvgIpc) is 3.01. The number of urea groups is 2. The monoisotopic (exact) mass is 621 g/mol. The number of hydrogen-bond acceptors (Lipinski definition) is 9. The molecule has 0 bridgehead atoms. The summed E-state index contributed by atoms with van der Waals surface area (Å²) in [4.78, 5) is 53.8. The van der Waals surface area contributed by atoms with Crippen LogP contribution < -0.4 is 10.6 Å². The Morgan fingerprint density at radius 3 is 2.07 bits per heavy atom. The molecule has 2 unspecified atom stereocenters. The van der Waals surface area contributed by atoms with Crippen LogP contribution in [0, 0.1) is 11.8 Å². The van der Waals surface area contributed by atoms with Gasteiger partial charge in [-0.2, -0.15) is 0 Å². The molecule has 0 aromatic carbocycles. The van der Waals surface area contributed by atoms with Gasteiger partial charge in [0.25, 0.3) is 0 Å². The summed E-state index contributed by atoms with van der Waals surface area (Å²) in [6.07, 6.45) is 7.07. The van der Waals surface area contributed by atoms with Gasteiger partial charge < -0.3 is 28.7 Å². The Hall–Kier alpha value is -3.23. The number of nitrogens with one attached hydrogen (secondary N) is 2. The summed E-state index contributed by atoms with van der Waals surface area (Å²) in [5.74, 6) is -1.14. The highest BCUT2D eigenvalue weighted by Gasteiger charge is 2.30. The molecule has 0 saturated carbocycles. The Balaban J connectivity index is 1.41. The molecule has 0 aromatic rings. The lowest BCUT2D eigenvalue weighted by atomic mass is 10.0. The van der Waals surface area contributed by atoms with Crippen LogP contribution in [0.1, 0.15) is 52.4 Å². The first kappa shape index (κ1) is 35.3. The molecule has 15 heteroatoms. The van der Waals surface area contributed by atoms with E-state index in [1.54, 1.807) is 23.6 Å². The Morgan fingerprint density at radius 1 is 0.886 bits per heavy atom.